The second kappa shape index (κ2) is 5.08. The van der Waals surface area contributed by atoms with Crippen LogP contribution in [0.1, 0.15) is 42.2 Å². The number of hydrogen-bond donors (Lipinski definition) is 1. The zero-order valence-electron chi connectivity index (χ0n) is 10.6. The summed E-state index contributed by atoms with van der Waals surface area (Å²) in [5.41, 5.74) is 0.236. The number of carboxylic acid groups (broad SMARTS) is 1. The van der Waals surface area contributed by atoms with Gasteiger partial charge < -0.3 is 9.84 Å². The predicted octanol–water partition coefficient (Wildman–Crippen LogP) is 4.07. The second-order valence-corrected chi connectivity index (χ2v) is 7.11. The molecule has 0 saturated heterocycles. The summed E-state index contributed by atoms with van der Waals surface area (Å²) in [5.74, 6) is -0.957. The van der Waals surface area contributed by atoms with Gasteiger partial charge in [0, 0.05) is 19.8 Å². The first-order chi connectivity index (χ1) is 7.63. The maximum atomic E-state index is 11.4. The van der Waals surface area contributed by atoms with Crippen LogP contribution in [0.15, 0.2) is 4.47 Å². The monoisotopic (exact) mass is 320 g/mol. The molecule has 1 rings (SSSR count). The second-order valence-electron chi connectivity index (χ2n) is 4.89. The van der Waals surface area contributed by atoms with Gasteiger partial charge in [-0.15, -0.1) is 11.3 Å². The molecule has 1 heterocycles. The molecule has 5 heteroatoms. The van der Waals surface area contributed by atoms with Crippen molar-refractivity contribution in [2.45, 2.75) is 46.3 Å². The van der Waals surface area contributed by atoms with Gasteiger partial charge in [0.25, 0.3) is 0 Å². The highest BCUT2D eigenvalue weighted by atomic mass is 79.9. The number of hydrogen-bond acceptors (Lipinski definition) is 3. The predicted molar refractivity (Wildman–Crippen MR) is 72.7 cm³/mol. The van der Waals surface area contributed by atoms with E-state index in [2.05, 4.69) is 15.9 Å². The molecular weight excluding hydrogens is 304 g/mol. The third kappa shape index (κ3) is 3.53. The third-order valence-electron chi connectivity index (χ3n) is 2.19. The van der Waals surface area contributed by atoms with E-state index in [1.807, 2.05) is 34.6 Å². The normalized spacial score (nSPS) is 13.8. The van der Waals surface area contributed by atoms with Crippen LogP contribution in [0.2, 0.25) is 0 Å². The molecular formula is C12H17BrO3S. The third-order valence-corrected chi connectivity index (χ3v) is 4.51. The lowest BCUT2D eigenvalue weighted by molar-refractivity contribution is -0.160. The van der Waals surface area contributed by atoms with Gasteiger partial charge in [-0.1, -0.05) is 0 Å². The SMILES string of the molecule is Cc1sc(C)c(C(OC(C)(C)C)C(=O)O)c1Br. The Bertz CT molecular complexity index is 432. The summed E-state index contributed by atoms with van der Waals surface area (Å²) in [5, 5.41) is 9.31. The molecule has 0 bridgehead atoms. The molecule has 0 aliphatic rings. The lowest BCUT2D eigenvalue weighted by Crippen LogP contribution is -2.27. The summed E-state index contributed by atoms with van der Waals surface area (Å²) in [6.45, 7) is 9.43. The molecule has 0 aliphatic heterocycles. The van der Waals surface area contributed by atoms with Crippen LogP contribution >= 0.6 is 27.3 Å². The number of rotatable bonds is 3. The molecule has 1 unspecified atom stereocenters. The van der Waals surface area contributed by atoms with Crippen molar-refractivity contribution in [1.82, 2.24) is 0 Å². The molecule has 96 valence electrons. The molecule has 1 aromatic rings. The minimum atomic E-state index is -0.957. The first-order valence-electron chi connectivity index (χ1n) is 5.29. The van der Waals surface area contributed by atoms with Gasteiger partial charge >= 0.3 is 5.97 Å². The fourth-order valence-electron chi connectivity index (χ4n) is 1.56. The zero-order chi connectivity index (χ0) is 13.4. The first-order valence-corrected chi connectivity index (χ1v) is 6.90. The van der Waals surface area contributed by atoms with Crippen LogP contribution in [0.3, 0.4) is 0 Å². The topological polar surface area (TPSA) is 46.5 Å². The maximum Gasteiger partial charge on any atom is 0.337 e. The van der Waals surface area contributed by atoms with Gasteiger partial charge in [0.15, 0.2) is 6.10 Å². The first kappa shape index (κ1) is 14.7. The zero-order valence-corrected chi connectivity index (χ0v) is 13.0. The van der Waals surface area contributed by atoms with Crippen molar-refractivity contribution in [3.63, 3.8) is 0 Å². The molecule has 1 aromatic heterocycles. The number of halogens is 1. The Kier molecular flexibility index (Phi) is 4.38. The van der Waals surface area contributed by atoms with E-state index in [1.165, 1.54) is 0 Å². The number of aliphatic carboxylic acids is 1. The minimum Gasteiger partial charge on any atom is -0.479 e. The van der Waals surface area contributed by atoms with E-state index in [-0.39, 0.29) is 0 Å². The molecule has 3 nitrogen and oxygen atoms in total. The van der Waals surface area contributed by atoms with Crippen molar-refractivity contribution >= 4 is 33.2 Å². The molecule has 0 radical (unpaired) electrons. The summed E-state index contributed by atoms with van der Waals surface area (Å²) >= 11 is 5.02. The standard InChI is InChI=1S/C12H17BrO3S/c1-6-8(9(13)7(2)17-6)10(11(14)15)16-12(3,4)5/h10H,1-5H3,(H,14,15). The van der Waals surface area contributed by atoms with Gasteiger partial charge in [-0.2, -0.15) is 0 Å². The fraction of sp³-hybridized carbons (Fsp3) is 0.583. The summed E-state index contributed by atoms with van der Waals surface area (Å²) in [6.07, 6.45) is -0.922. The van der Waals surface area contributed by atoms with Gasteiger partial charge in [-0.3, -0.25) is 0 Å². The molecule has 1 atom stereocenters. The summed E-state index contributed by atoms with van der Waals surface area (Å²) in [6, 6.07) is 0. The quantitative estimate of drug-likeness (QED) is 0.913. The molecule has 0 amide bonds. The number of ether oxygens (including phenoxy) is 1. The molecule has 0 fully saturated rings. The molecule has 0 aliphatic carbocycles. The van der Waals surface area contributed by atoms with Gasteiger partial charge in [0.1, 0.15) is 0 Å². The Balaban J connectivity index is 3.19. The molecule has 0 aromatic carbocycles. The summed E-state index contributed by atoms with van der Waals surface area (Å²) in [4.78, 5) is 13.4. The molecule has 0 spiro atoms. The van der Waals surface area contributed by atoms with Crippen molar-refractivity contribution in [2.75, 3.05) is 0 Å². The van der Waals surface area contributed by atoms with Gasteiger partial charge in [-0.05, 0) is 50.5 Å². The Morgan fingerprint density at radius 1 is 1.35 bits per heavy atom. The van der Waals surface area contributed by atoms with Crippen LogP contribution in [0, 0.1) is 13.8 Å². The number of carbonyl (C=O) groups is 1. The van der Waals surface area contributed by atoms with Crippen molar-refractivity contribution in [1.29, 1.82) is 0 Å². The lowest BCUT2D eigenvalue weighted by atomic mass is 10.1. The molecule has 0 saturated carbocycles. The van der Waals surface area contributed by atoms with Crippen LogP contribution in [0.25, 0.3) is 0 Å². The van der Waals surface area contributed by atoms with Gasteiger partial charge in [0.05, 0.1) is 5.60 Å². The van der Waals surface area contributed by atoms with Crippen molar-refractivity contribution in [3.05, 3.63) is 19.8 Å². The Hall–Kier alpha value is -0.390. The average Bonchev–Trinajstić information content (AvgIpc) is 2.36. The van der Waals surface area contributed by atoms with E-state index in [0.717, 1.165) is 19.8 Å². The van der Waals surface area contributed by atoms with E-state index >= 15 is 0 Å². The average molecular weight is 321 g/mol. The highest BCUT2D eigenvalue weighted by molar-refractivity contribution is 9.10. The highest BCUT2D eigenvalue weighted by Gasteiger charge is 2.31. The van der Waals surface area contributed by atoms with E-state index in [0.29, 0.717) is 0 Å². The van der Waals surface area contributed by atoms with Crippen LogP contribution in [0.5, 0.6) is 0 Å². The fourth-order valence-corrected chi connectivity index (χ4v) is 3.42. The van der Waals surface area contributed by atoms with Gasteiger partial charge in [0.2, 0.25) is 0 Å². The highest BCUT2D eigenvalue weighted by Crippen LogP contribution is 2.39. The van der Waals surface area contributed by atoms with E-state index < -0.39 is 17.7 Å². The van der Waals surface area contributed by atoms with Crippen LogP contribution < -0.4 is 0 Å². The van der Waals surface area contributed by atoms with Crippen LogP contribution in [0.4, 0.5) is 0 Å². The smallest absolute Gasteiger partial charge is 0.337 e. The number of thiophene rings is 1. The van der Waals surface area contributed by atoms with Crippen LogP contribution in [-0.4, -0.2) is 16.7 Å². The van der Waals surface area contributed by atoms with E-state index in [4.69, 9.17) is 4.74 Å². The lowest BCUT2D eigenvalue weighted by Gasteiger charge is -2.25. The Morgan fingerprint density at radius 2 is 1.88 bits per heavy atom. The summed E-state index contributed by atoms with van der Waals surface area (Å²) in [7, 11) is 0. The Labute approximate surface area is 114 Å². The number of aryl methyl sites for hydroxylation is 2. The Morgan fingerprint density at radius 3 is 2.18 bits per heavy atom. The molecule has 17 heavy (non-hydrogen) atoms. The van der Waals surface area contributed by atoms with Crippen LogP contribution in [-0.2, 0) is 9.53 Å². The van der Waals surface area contributed by atoms with Crippen molar-refractivity contribution in [3.8, 4) is 0 Å². The minimum absolute atomic E-state index is 0.495. The maximum absolute atomic E-state index is 11.4. The van der Waals surface area contributed by atoms with Gasteiger partial charge in [-0.25, -0.2) is 4.79 Å². The van der Waals surface area contributed by atoms with Crippen molar-refractivity contribution < 1.29 is 14.6 Å². The largest absolute Gasteiger partial charge is 0.479 e. The van der Waals surface area contributed by atoms with Crippen molar-refractivity contribution in [2.24, 2.45) is 0 Å². The number of carboxylic acids is 1. The molecule has 1 N–H and O–H groups in total. The van der Waals surface area contributed by atoms with E-state index in [1.54, 1.807) is 11.3 Å². The summed E-state index contributed by atoms with van der Waals surface area (Å²) < 4.78 is 6.48. The van der Waals surface area contributed by atoms with E-state index in [9.17, 15) is 9.90 Å².